The Morgan fingerprint density at radius 3 is 2.38 bits per heavy atom. The Labute approximate surface area is 193 Å². The van der Waals surface area contributed by atoms with Crippen molar-refractivity contribution in [1.82, 2.24) is 14.7 Å². The molecule has 1 saturated heterocycles. The van der Waals surface area contributed by atoms with Gasteiger partial charge in [0.05, 0.1) is 6.04 Å². The third-order valence-corrected chi connectivity index (χ3v) is 6.57. The first-order chi connectivity index (χ1) is 15.4. The van der Waals surface area contributed by atoms with Crippen molar-refractivity contribution < 1.29 is 9.90 Å². The van der Waals surface area contributed by atoms with Crippen LogP contribution in [-0.2, 0) is 0 Å². The molecule has 1 amide bonds. The Kier molecular flexibility index (Phi) is 8.10. The maximum atomic E-state index is 12.8. The van der Waals surface area contributed by atoms with Crippen molar-refractivity contribution in [3.63, 3.8) is 0 Å². The summed E-state index contributed by atoms with van der Waals surface area (Å²) in [5.74, 6) is 0.335. The minimum absolute atomic E-state index is 0.00281. The third-order valence-electron chi connectivity index (χ3n) is 6.57. The molecule has 0 bridgehead atoms. The van der Waals surface area contributed by atoms with E-state index in [0.29, 0.717) is 30.7 Å². The zero-order valence-electron chi connectivity index (χ0n) is 19.9. The van der Waals surface area contributed by atoms with E-state index in [1.54, 1.807) is 6.07 Å². The molecule has 1 N–H and O–H groups in total. The van der Waals surface area contributed by atoms with Crippen LogP contribution in [0.2, 0.25) is 0 Å². The van der Waals surface area contributed by atoms with E-state index in [0.717, 1.165) is 30.8 Å². The van der Waals surface area contributed by atoms with E-state index in [1.165, 1.54) is 0 Å². The second-order valence-electron chi connectivity index (χ2n) is 8.73. The fourth-order valence-electron chi connectivity index (χ4n) is 4.78. The number of phenolic OH excluding ortho intramolecular Hbond substituents is 1. The van der Waals surface area contributed by atoms with E-state index >= 15 is 0 Å². The SMILES string of the molecule is C=CCN1C[C@@H](C)N([C@H](c2ccc(C(=O)N(CC)CC)cc2)c2cccc(O)c2)CC1C. The summed E-state index contributed by atoms with van der Waals surface area (Å²) in [5, 5.41) is 10.2. The number of nitrogens with zero attached hydrogens (tertiary/aromatic N) is 3. The third kappa shape index (κ3) is 5.22. The maximum Gasteiger partial charge on any atom is 0.253 e. The van der Waals surface area contributed by atoms with Crippen LogP contribution in [0, 0.1) is 0 Å². The highest BCUT2D eigenvalue weighted by molar-refractivity contribution is 5.94. The molecular formula is C27H37N3O2. The van der Waals surface area contributed by atoms with Crippen LogP contribution in [0.5, 0.6) is 5.75 Å². The quantitative estimate of drug-likeness (QED) is 0.618. The molecule has 0 saturated carbocycles. The summed E-state index contributed by atoms with van der Waals surface area (Å²) >= 11 is 0. The smallest absolute Gasteiger partial charge is 0.253 e. The summed E-state index contributed by atoms with van der Waals surface area (Å²) in [6.45, 7) is 16.6. The first kappa shape index (κ1) is 24.0. The predicted octanol–water partition coefficient (Wildman–Crippen LogP) is 4.54. The van der Waals surface area contributed by atoms with E-state index in [2.05, 4.69) is 48.4 Å². The van der Waals surface area contributed by atoms with E-state index in [9.17, 15) is 9.90 Å². The van der Waals surface area contributed by atoms with E-state index in [1.807, 2.05) is 49.1 Å². The number of amides is 1. The minimum atomic E-state index is 0.00281. The second kappa shape index (κ2) is 10.8. The lowest BCUT2D eigenvalue weighted by Gasteiger charge is -2.47. The molecule has 5 nitrogen and oxygen atoms in total. The Morgan fingerprint density at radius 1 is 1.09 bits per heavy atom. The van der Waals surface area contributed by atoms with Gasteiger partial charge in [-0.1, -0.05) is 30.3 Å². The first-order valence-corrected chi connectivity index (χ1v) is 11.7. The zero-order chi connectivity index (χ0) is 23.3. The van der Waals surface area contributed by atoms with Gasteiger partial charge >= 0.3 is 0 Å². The van der Waals surface area contributed by atoms with Crippen molar-refractivity contribution in [2.24, 2.45) is 0 Å². The Hall–Kier alpha value is -2.63. The number of hydrogen-bond donors (Lipinski definition) is 1. The average molecular weight is 436 g/mol. The molecule has 3 atom stereocenters. The molecule has 1 unspecified atom stereocenters. The van der Waals surface area contributed by atoms with Gasteiger partial charge in [0.1, 0.15) is 5.75 Å². The van der Waals surface area contributed by atoms with Crippen LogP contribution >= 0.6 is 0 Å². The largest absolute Gasteiger partial charge is 0.508 e. The number of piperazine rings is 1. The highest BCUT2D eigenvalue weighted by Crippen LogP contribution is 2.34. The Morgan fingerprint density at radius 2 is 1.78 bits per heavy atom. The first-order valence-electron chi connectivity index (χ1n) is 11.7. The molecule has 172 valence electrons. The molecule has 0 aromatic heterocycles. The van der Waals surface area contributed by atoms with Gasteiger partial charge in [-0.15, -0.1) is 6.58 Å². The summed E-state index contributed by atoms with van der Waals surface area (Å²) in [6, 6.07) is 16.3. The summed E-state index contributed by atoms with van der Waals surface area (Å²) in [4.78, 5) is 19.6. The number of rotatable bonds is 8. The van der Waals surface area contributed by atoms with Gasteiger partial charge in [-0.2, -0.15) is 0 Å². The van der Waals surface area contributed by atoms with Gasteiger partial charge in [-0.3, -0.25) is 14.6 Å². The van der Waals surface area contributed by atoms with Crippen LogP contribution in [0.1, 0.15) is 55.2 Å². The molecule has 1 heterocycles. The van der Waals surface area contributed by atoms with Crippen LogP contribution in [0.15, 0.2) is 61.2 Å². The van der Waals surface area contributed by atoms with Crippen molar-refractivity contribution in [3.8, 4) is 5.75 Å². The van der Waals surface area contributed by atoms with E-state index in [4.69, 9.17) is 0 Å². The summed E-state index contributed by atoms with van der Waals surface area (Å²) in [6.07, 6.45) is 1.97. The van der Waals surface area contributed by atoms with Crippen molar-refractivity contribution in [2.45, 2.75) is 45.8 Å². The highest BCUT2D eigenvalue weighted by Gasteiger charge is 2.34. The predicted molar refractivity (Wildman–Crippen MR) is 131 cm³/mol. The molecule has 3 rings (SSSR count). The minimum Gasteiger partial charge on any atom is -0.508 e. The Balaban J connectivity index is 1.96. The monoisotopic (exact) mass is 435 g/mol. The number of benzene rings is 2. The lowest BCUT2D eigenvalue weighted by atomic mass is 9.92. The number of aromatic hydroxyl groups is 1. The van der Waals surface area contributed by atoms with Gasteiger partial charge < -0.3 is 10.0 Å². The van der Waals surface area contributed by atoms with Gasteiger partial charge in [-0.05, 0) is 63.1 Å². The summed E-state index contributed by atoms with van der Waals surface area (Å²) in [5.41, 5.74) is 2.90. The fourth-order valence-corrected chi connectivity index (χ4v) is 4.78. The number of carbonyl (C=O) groups excluding carboxylic acids is 1. The Bertz CT molecular complexity index is 907. The molecule has 2 aromatic rings. The lowest BCUT2D eigenvalue weighted by molar-refractivity contribution is 0.0306. The number of carbonyl (C=O) groups is 1. The average Bonchev–Trinajstić information content (AvgIpc) is 2.78. The van der Waals surface area contributed by atoms with Gasteiger partial charge in [0.25, 0.3) is 5.91 Å². The topological polar surface area (TPSA) is 47.0 Å². The number of phenols is 1. The molecule has 5 heteroatoms. The summed E-state index contributed by atoms with van der Waals surface area (Å²) in [7, 11) is 0. The zero-order valence-corrected chi connectivity index (χ0v) is 19.9. The fraction of sp³-hybridized carbons (Fsp3) is 0.444. The van der Waals surface area contributed by atoms with Crippen LogP contribution in [-0.4, -0.2) is 70.5 Å². The number of hydrogen-bond acceptors (Lipinski definition) is 4. The van der Waals surface area contributed by atoms with Crippen molar-refractivity contribution >= 4 is 5.91 Å². The van der Waals surface area contributed by atoms with Crippen molar-refractivity contribution in [3.05, 3.63) is 77.9 Å². The normalized spacial score (nSPS) is 20.6. The highest BCUT2D eigenvalue weighted by atomic mass is 16.3. The van der Waals surface area contributed by atoms with Gasteiger partial charge in [0.2, 0.25) is 0 Å². The lowest BCUT2D eigenvalue weighted by Crippen LogP contribution is -2.57. The van der Waals surface area contributed by atoms with Crippen molar-refractivity contribution in [2.75, 3.05) is 32.7 Å². The molecule has 32 heavy (non-hydrogen) atoms. The van der Waals surface area contributed by atoms with Crippen molar-refractivity contribution in [1.29, 1.82) is 0 Å². The maximum absolute atomic E-state index is 12.8. The molecule has 0 radical (unpaired) electrons. The molecule has 0 spiro atoms. The standard InChI is InChI=1S/C27H37N3O2/c1-6-16-29-18-21(5)30(19-20(29)4)26(24-10-9-11-25(31)17-24)22-12-14-23(15-13-22)27(32)28(7-2)8-3/h6,9-15,17,20-21,26,31H,1,7-8,16,18-19H2,2-5H3/t20?,21-,26-/m1/s1. The molecule has 1 aliphatic heterocycles. The summed E-state index contributed by atoms with van der Waals surface area (Å²) < 4.78 is 0. The van der Waals surface area contributed by atoms with Crippen LogP contribution < -0.4 is 0 Å². The van der Waals surface area contributed by atoms with E-state index in [-0.39, 0.29) is 17.7 Å². The van der Waals surface area contributed by atoms with E-state index < -0.39 is 0 Å². The van der Waals surface area contributed by atoms with Crippen LogP contribution in [0.4, 0.5) is 0 Å². The molecule has 2 aromatic carbocycles. The van der Waals surface area contributed by atoms with Gasteiger partial charge in [0.15, 0.2) is 0 Å². The van der Waals surface area contributed by atoms with Crippen LogP contribution in [0.3, 0.4) is 0 Å². The molecule has 1 aliphatic rings. The molecule has 0 aliphatic carbocycles. The van der Waals surface area contributed by atoms with Crippen LogP contribution in [0.25, 0.3) is 0 Å². The second-order valence-corrected chi connectivity index (χ2v) is 8.73. The van der Waals surface area contributed by atoms with Gasteiger partial charge in [0, 0.05) is 50.4 Å². The molecule has 1 fully saturated rings. The van der Waals surface area contributed by atoms with Gasteiger partial charge in [-0.25, -0.2) is 0 Å². The molecular weight excluding hydrogens is 398 g/mol.